The molecule has 0 aliphatic carbocycles. The number of nitrogens with one attached hydrogen (secondary N) is 2. The Morgan fingerprint density at radius 3 is 2.23 bits per heavy atom. The van der Waals surface area contributed by atoms with E-state index in [1.54, 1.807) is 78.9 Å². The SMILES string of the molecule is O=C(Nc1ccc(S(=O)(=O)Nc2ccccc2Cl)cc1)C1CN(S(=O)(=O)Cc2ccccc2)c2ccccc2O1. The number of amides is 1. The number of para-hydroxylation sites is 3. The molecule has 1 heterocycles. The fourth-order valence-electron chi connectivity index (χ4n) is 4.15. The van der Waals surface area contributed by atoms with Crippen molar-refractivity contribution < 1.29 is 26.4 Å². The first-order valence-corrected chi connectivity index (χ1v) is 15.6. The number of hydrogen-bond acceptors (Lipinski definition) is 6. The van der Waals surface area contributed by atoms with Gasteiger partial charge in [-0.3, -0.25) is 13.8 Å². The van der Waals surface area contributed by atoms with Gasteiger partial charge in [0.05, 0.1) is 33.6 Å². The number of carbonyl (C=O) groups excluding carboxylic acids is 1. The molecule has 0 aromatic heterocycles. The van der Waals surface area contributed by atoms with E-state index in [-0.39, 0.29) is 33.7 Å². The molecule has 12 heteroatoms. The van der Waals surface area contributed by atoms with E-state index in [1.807, 2.05) is 0 Å². The summed E-state index contributed by atoms with van der Waals surface area (Å²) in [6.07, 6.45) is -1.15. The van der Waals surface area contributed by atoms with Crippen molar-refractivity contribution in [3.05, 3.63) is 114 Å². The summed E-state index contributed by atoms with van der Waals surface area (Å²) in [5, 5.41) is 2.93. The summed E-state index contributed by atoms with van der Waals surface area (Å²) in [7, 11) is -7.78. The van der Waals surface area contributed by atoms with Crippen LogP contribution in [0.25, 0.3) is 0 Å². The van der Waals surface area contributed by atoms with Crippen molar-refractivity contribution in [3.8, 4) is 5.75 Å². The summed E-state index contributed by atoms with van der Waals surface area (Å²) >= 11 is 6.06. The lowest BCUT2D eigenvalue weighted by atomic mass is 10.2. The van der Waals surface area contributed by atoms with Crippen molar-refractivity contribution in [2.75, 3.05) is 20.9 Å². The Hall–Kier alpha value is -4.06. The Labute approximate surface area is 237 Å². The smallest absolute Gasteiger partial charge is 0.267 e. The lowest BCUT2D eigenvalue weighted by Crippen LogP contribution is -2.49. The van der Waals surface area contributed by atoms with Crippen LogP contribution < -0.4 is 19.1 Å². The number of carbonyl (C=O) groups is 1. The van der Waals surface area contributed by atoms with Crippen LogP contribution in [0, 0.1) is 0 Å². The minimum atomic E-state index is -3.93. The van der Waals surface area contributed by atoms with Gasteiger partial charge in [-0.25, -0.2) is 16.8 Å². The Morgan fingerprint density at radius 1 is 0.850 bits per heavy atom. The summed E-state index contributed by atoms with van der Waals surface area (Å²) in [6.45, 7) is -0.230. The van der Waals surface area contributed by atoms with Crippen LogP contribution in [0.4, 0.5) is 17.1 Å². The molecule has 4 aromatic rings. The van der Waals surface area contributed by atoms with Gasteiger partial charge in [-0.2, -0.15) is 0 Å². The van der Waals surface area contributed by atoms with Gasteiger partial charge in [0, 0.05) is 5.69 Å². The molecule has 1 unspecified atom stereocenters. The summed E-state index contributed by atoms with van der Waals surface area (Å²) in [5.74, 6) is -0.564. The summed E-state index contributed by atoms with van der Waals surface area (Å²) in [6, 6.07) is 27.4. The van der Waals surface area contributed by atoms with Crippen LogP contribution in [0.5, 0.6) is 5.75 Å². The number of benzene rings is 4. The topological polar surface area (TPSA) is 122 Å². The van der Waals surface area contributed by atoms with Gasteiger partial charge in [-0.1, -0.05) is 66.2 Å². The first kappa shape index (κ1) is 27.5. The van der Waals surface area contributed by atoms with Crippen LogP contribution in [0.15, 0.2) is 108 Å². The van der Waals surface area contributed by atoms with E-state index >= 15 is 0 Å². The third kappa shape index (κ3) is 6.06. The highest BCUT2D eigenvalue weighted by atomic mass is 35.5. The third-order valence-electron chi connectivity index (χ3n) is 6.11. The molecule has 9 nitrogen and oxygen atoms in total. The molecule has 4 aromatic carbocycles. The van der Waals surface area contributed by atoms with Gasteiger partial charge in [0.15, 0.2) is 6.10 Å². The van der Waals surface area contributed by atoms with Gasteiger partial charge in [-0.15, -0.1) is 0 Å². The molecule has 1 aliphatic heterocycles. The second kappa shape index (κ2) is 11.2. The normalized spacial score (nSPS) is 15.0. The number of anilines is 3. The zero-order valence-electron chi connectivity index (χ0n) is 20.9. The lowest BCUT2D eigenvalue weighted by Gasteiger charge is -2.34. The number of hydrogen-bond donors (Lipinski definition) is 2. The fourth-order valence-corrected chi connectivity index (χ4v) is 7.05. The van der Waals surface area contributed by atoms with Crippen molar-refractivity contribution in [2.45, 2.75) is 16.8 Å². The van der Waals surface area contributed by atoms with Crippen LogP contribution in [0.1, 0.15) is 5.56 Å². The quantitative estimate of drug-likeness (QED) is 0.299. The van der Waals surface area contributed by atoms with E-state index in [2.05, 4.69) is 10.0 Å². The first-order valence-electron chi connectivity index (χ1n) is 12.1. The van der Waals surface area contributed by atoms with Crippen molar-refractivity contribution in [3.63, 3.8) is 0 Å². The van der Waals surface area contributed by atoms with Crippen LogP contribution >= 0.6 is 11.6 Å². The number of nitrogens with zero attached hydrogens (tertiary/aromatic N) is 1. The maximum atomic E-state index is 13.4. The minimum Gasteiger partial charge on any atom is -0.476 e. The predicted molar refractivity (Wildman–Crippen MR) is 155 cm³/mol. The molecule has 0 fully saturated rings. The van der Waals surface area contributed by atoms with Crippen LogP contribution in [-0.2, 0) is 30.6 Å². The van der Waals surface area contributed by atoms with Gasteiger partial charge in [0.25, 0.3) is 15.9 Å². The van der Waals surface area contributed by atoms with E-state index in [0.717, 1.165) is 0 Å². The van der Waals surface area contributed by atoms with Crippen molar-refractivity contribution in [2.24, 2.45) is 0 Å². The molecule has 0 saturated carbocycles. The van der Waals surface area contributed by atoms with E-state index in [9.17, 15) is 21.6 Å². The molecule has 0 saturated heterocycles. The highest BCUT2D eigenvalue weighted by molar-refractivity contribution is 7.92. The summed E-state index contributed by atoms with van der Waals surface area (Å²) < 4.78 is 61.8. The molecule has 1 amide bonds. The van der Waals surface area contributed by atoms with Gasteiger partial charge in [-0.05, 0) is 54.1 Å². The average Bonchev–Trinajstić information content (AvgIpc) is 2.94. The zero-order valence-corrected chi connectivity index (χ0v) is 23.3. The van der Waals surface area contributed by atoms with Crippen LogP contribution in [0.2, 0.25) is 5.02 Å². The Balaban J connectivity index is 1.32. The average molecular weight is 598 g/mol. The van der Waals surface area contributed by atoms with E-state index in [4.69, 9.17) is 16.3 Å². The zero-order chi connectivity index (χ0) is 28.3. The number of halogens is 1. The molecule has 0 spiro atoms. The van der Waals surface area contributed by atoms with Crippen molar-refractivity contribution >= 4 is 54.6 Å². The predicted octanol–water partition coefficient (Wildman–Crippen LogP) is 4.88. The molecule has 5 rings (SSSR count). The first-order chi connectivity index (χ1) is 19.1. The van der Waals surface area contributed by atoms with E-state index in [1.165, 1.54) is 28.6 Å². The highest BCUT2D eigenvalue weighted by Gasteiger charge is 2.36. The van der Waals surface area contributed by atoms with Gasteiger partial charge >= 0.3 is 0 Å². The highest BCUT2D eigenvalue weighted by Crippen LogP contribution is 2.36. The maximum absolute atomic E-state index is 13.4. The van der Waals surface area contributed by atoms with Crippen LogP contribution in [0.3, 0.4) is 0 Å². The number of rotatable bonds is 8. The Kier molecular flexibility index (Phi) is 7.70. The summed E-state index contributed by atoms with van der Waals surface area (Å²) in [4.78, 5) is 13.1. The van der Waals surface area contributed by atoms with E-state index in [0.29, 0.717) is 16.9 Å². The van der Waals surface area contributed by atoms with Crippen LogP contribution in [-0.4, -0.2) is 35.4 Å². The molecule has 206 valence electrons. The van der Waals surface area contributed by atoms with Gasteiger partial charge in [0.1, 0.15) is 5.75 Å². The standard InChI is InChI=1S/C28H24ClN3O6S2/c29-23-10-4-5-11-24(23)31-40(36,37)22-16-14-21(15-17-22)30-28(33)27-18-32(25-12-6-7-13-26(25)38-27)39(34,35)19-20-8-2-1-3-9-20/h1-17,27,31H,18-19H2,(H,30,33). The summed E-state index contributed by atoms with van der Waals surface area (Å²) in [5.41, 5.74) is 1.51. The second-order valence-corrected chi connectivity index (χ2v) is 12.9. The van der Waals surface area contributed by atoms with Crippen molar-refractivity contribution in [1.29, 1.82) is 0 Å². The second-order valence-electron chi connectivity index (χ2n) is 8.95. The fraction of sp³-hybridized carbons (Fsp3) is 0.107. The Bertz CT molecular complexity index is 1750. The van der Waals surface area contributed by atoms with E-state index < -0.39 is 32.1 Å². The molecule has 1 aliphatic rings. The molecule has 0 bridgehead atoms. The monoisotopic (exact) mass is 597 g/mol. The molecular weight excluding hydrogens is 574 g/mol. The number of sulfonamides is 2. The number of fused-ring (bicyclic) bond motifs is 1. The molecule has 40 heavy (non-hydrogen) atoms. The Morgan fingerprint density at radius 2 is 1.50 bits per heavy atom. The maximum Gasteiger partial charge on any atom is 0.267 e. The minimum absolute atomic E-state index is 0.0357. The molecule has 1 atom stereocenters. The third-order valence-corrected chi connectivity index (χ3v) is 9.53. The largest absolute Gasteiger partial charge is 0.476 e. The lowest BCUT2D eigenvalue weighted by molar-refractivity contribution is -0.122. The molecule has 0 radical (unpaired) electrons. The van der Waals surface area contributed by atoms with Gasteiger partial charge in [0.2, 0.25) is 10.0 Å². The van der Waals surface area contributed by atoms with Crippen molar-refractivity contribution in [1.82, 2.24) is 0 Å². The number of ether oxygens (including phenoxy) is 1. The molecular formula is C28H24ClN3O6S2. The van der Waals surface area contributed by atoms with Gasteiger partial charge < -0.3 is 10.1 Å². The molecule has 2 N–H and O–H groups in total.